The lowest BCUT2D eigenvalue weighted by molar-refractivity contribution is 0.108. The quantitative estimate of drug-likeness (QED) is 0.705. The van der Waals surface area contributed by atoms with Gasteiger partial charge in [-0.3, -0.25) is 0 Å². The molecule has 1 N–H and O–H groups in total. The fraction of sp³-hybridized carbons (Fsp3) is 0.444. The van der Waals surface area contributed by atoms with Crippen molar-refractivity contribution in [3.05, 3.63) is 36.4 Å². The molecule has 2 rings (SSSR count). The number of sulfonamides is 1. The van der Waals surface area contributed by atoms with Gasteiger partial charge in [-0.15, -0.1) is 0 Å². The number of methoxy groups -OCH3 is 1. The Labute approximate surface area is 144 Å². The number of hydrogen-bond acceptors (Lipinski definition) is 4. The molecule has 132 valence electrons. The van der Waals surface area contributed by atoms with Gasteiger partial charge in [-0.05, 0) is 24.5 Å². The van der Waals surface area contributed by atoms with Crippen molar-refractivity contribution in [3.63, 3.8) is 0 Å². The van der Waals surface area contributed by atoms with Crippen molar-refractivity contribution in [2.45, 2.75) is 25.2 Å². The van der Waals surface area contributed by atoms with Crippen LogP contribution in [0.3, 0.4) is 0 Å². The summed E-state index contributed by atoms with van der Waals surface area (Å²) in [6.07, 6.45) is 0.639. The van der Waals surface area contributed by atoms with Crippen LogP contribution in [-0.2, 0) is 14.8 Å². The summed E-state index contributed by atoms with van der Waals surface area (Å²) in [7, 11) is -2.00. The van der Waals surface area contributed by atoms with Crippen LogP contribution < -0.4 is 9.46 Å². The van der Waals surface area contributed by atoms with Gasteiger partial charge in [-0.2, -0.15) is 0 Å². The molecule has 24 heavy (non-hydrogen) atoms. The Balaban J connectivity index is 2.08. The average Bonchev–Trinajstić information content (AvgIpc) is 2.56. The summed E-state index contributed by atoms with van der Waals surface area (Å²) in [4.78, 5) is 0.266. The second-order valence-electron chi connectivity index (χ2n) is 6.03. The molecule has 0 spiro atoms. The molecule has 0 amide bonds. The van der Waals surface area contributed by atoms with E-state index in [4.69, 9.17) is 9.47 Å². The zero-order chi connectivity index (χ0) is 17.6. The van der Waals surface area contributed by atoms with Crippen LogP contribution in [0.1, 0.15) is 20.3 Å². The summed E-state index contributed by atoms with van der Waals surface area (Å²) < 4.78 is 38.6. The van der Waals surface area contributed by atoms with Crippen LogP contribution >= 0.6 is 0 Å². The first kappa shape index (κ1) is 18.7. The topological polar surface area (TPSA) is 64.6 Å². The third kappa shape index (κ3) is 4.69. The summed E-state index contributed by atoms with van der Waals surface area (Å²) in [5, 5.41) is 1.43. The molecular weight excluding hydrogens is 326 g/mol. The highest BCUT2D eigenvalue weighted by molar-refractivity contribution is 7.89. The average molecular weight is 351 g/mol. The van der Waals surface area contributed by atoms with E-state index >= 15 is 0 Å². The van der Waals surface area contributed by atoms with Crippen LogP contribution in [0, 0.1) is 5.92 Å². The first-order chi connectivity index (χ1) is 11.5. The lowest BCUT2D eigenvalue weighted by Gasteiger charge is -2.12. The number of fused-ring (bicyclic) bond motifs is 1. The molecule has 2 aromatic rings. The van der Waals surface area contributed by atoms with E-state index in [0.29, 0.717) is 43.2 Å². The maximum Gasteiger partial charge on any atom is 0.241 e. The minimum absolute atomic E-state index is 0.266. The molecule has 0 aromatic heterocycles. The highest BCUT2D eigenvalue weighted by Gasteiger charge is 2.18. The molecule has 6 heteroatoms. The Bertz CT molecular complexity index is 772. The van der Waals surface area contributed by atoms with Crippen molar-refractivity contribution in [1.82, 2.24) is 4.72 Å². The Morgan fingerprint density at radius 2 is 1.79 bits per heavy atom. The summed E-state index contributed by atoms with van der Waals surface area (Å²) in [6.45, 7) is 5.75. The van der Waals surface area contributed by atoms with Gasteiger partial charge in [0.25, 0.3) is 0 Å². The van der Waals surface area contributed by atoms with E-state index in [9.17, 15) is 8.42 Å². The SMILES string of the molecule is COc1ccc(S(=O)(=O)NCCCOCC(C)C)c2ccccc12. The van der Waals surface area contributed by atoms with Crippen LogP contribution in [0.15, 0.2) is 41.3 Å². The highest BCUT2D eigenvalue weighted by Crippen LogP contribution is 2.30. The molecule has 0 saturated carbocycles. The molecule has 0 aliphatic heterocycles. The molecular formula is C18H25NO4S. The Morgan fingerprint density at radius 3 is 2.46 bits per heavy atom. The minimum atomic E-state index is -3.58. The van der Waals surface area contributed by atoms with E-state index in [1.165, 1.54) is 0 Å². The smallest absolute Gasteiger partial charge is 0.241 e. The molecule has 0 fully saturated rings. The van der Waals surface area contributed by atoms with Crippen LogP contribution in [0.5, 0.6) is 5.75 Å². The molecule has 0 saturated heterocycles. The van der Waals surface area contributed by atoms with Gasteiger partial charge in [0.15, 0.2) is 0 Å². The second kappa shape index (κ2) is 8.46. The van der Waals surface area contributed by atoms with Crippen LogP contribution in [-0.4, -0.2) is 35.3 Å². The van der Waals surface area contributed by atoms with Crippen LogP contribution in [0.25, 0.3) is 10.8 Å². The van der Waals surface area contributed by atoms with Gasteiger partial charge in [-0.25, -0.2) is 13.1 Å². The summed E-state index contributed by atoms with van der Waals surface area (Å²) in [5.74, 6) is 1.14. The third-order valence-electron chi connectivity index (χ3n) is 3.56. The molecule has 0 atom stereocenters. The zero-order valence-electron chi connectivity index (χ0n) is 14.4. The minimum Gasteiger partial charge on any atom is -0.496 e. The standard InChI is InChI=1S/C18H25NO4S/c1-14(2)13-23-12-6-11-19-24(20,21)18-10-9-17(22-3)15-7-4-5-8-16(15)18/h4-5,7-10,14,19H,6,11-13H2,1-3H3. The summed E-state index contributed by atoms with van der Waals surface area (Å²) in [5.41, 5.74) is 0. The summed E-state index contributed by atoms with van der Waals surface area (Å²) in [6, 6.07) is 10.6. The third-order valence-corrected chi connectivity index (χ3v) is 5.08. The number of rotatable bonds is 9. The largest absolute Gasteiger partial charge is 0.496 e. The number of ether oxygens (including phenoxy) is 2. The molecule has 0 bridgehead atoms. The van der Waals surface area contributed by atoms with Gasteiger partial charge in [0, 0.05) is 30.5 Å². The molecule has 2 aromatic carbocycles. The van der Waals surface area contributed by atoms with E-state index in [2.05, 4.69) is 18.6 Å². The molecule has 0 radical (unpaired) electrons. The van der Waals surface area contributed by atoms with E-state index in [1.54, 1.807) is 25.3 Å². The predicted molar refractivity (Wildman–Crippen MR) is 96.0 cm³/mol. The van der Waals surface area contributed by atoms with Gasteiger partial charge in [0.05, 0.1) is 12.0 Å². The maximum absolute atomic E-state index is 12.6. The number of hydrogen-bond donors (Lipinski definition) is 1. The van der Waals surface area contributed by atoms with Crippen molar-refractivity contribution < 1.29 is 17.9 Å². The Morgan fingerprint density at radius 1 is 1.08 bits per heavy atom. The van der Waals surface area contributed by atoms with Gasteiger partial charge in [-0.1, -0.05) is 38.1 Å². The fourth-order valence-corrected chi connectivity index (χ4v) is 3.72. The van der Waals surface area contributed by atoms with Gasteiger partial charge >= 0.3 is 0 Å². The molecule has 5 nitrogen and oxygen atoms in total. The predicted octanol–water partition coefficient (Wildman–Crippen LogP) is 3.19. The Hall–Kier alpha value is -1.63. The lowest BCUT2D eigenvalue weighted by atomic mass is 10.1. The van der Waals surface area contributed by atoms with E-state index in [-0.39, 0.29) is 4.90 Å². The van der Waals surface area contributed by atoms with Gasteiger partial charge in [0.1, 0.15) is 5.75 Å². The molecule has 0 heterocycles. The maximum atomic E-state index is 12.6. The normalized spacial score (nSPS) is 12.0. The van der Waals surface area contributed by atoms with Gasteiger partial charge in [0.2, 0.25) is 10.0 Å². The molecule has 0 aliphatic rings. The van der Waals surface area contributed by atoms with Crippen molar-refractivity contribution in [3.8, 4) is 5.75 Å². The van der Waals surface area contributed by atoms with E-state index in [1.807, 2.05) is 18.2 Å². The van der Waals surface area contributed by atoms with Crippen molar-refractivity contribution in [2.75, 3.05) is 26.9 Å². The first-order valence-corrected chi connectivity index (χ1v) is 9.57. The second-order valence-corrected chi connectivity index (χ2v) is 7.77. The van der Waals surface area contributed by atoms with Crippen molar-refractivity contribution in [1.29, 1.82) is 0 Å². The molecule has 0 unspecified atom stereocenters. The fourth-order valence-electron chi connectivity index (χ4n) is 2.43. The first-order valence-electron chi connectivity index (χ1n) is 8.09. The van der Waals surface area contributed by atoms with E-state index < -0.39 is 10.0 Å². The molecule has 0 aliphatic carbocycles. The van der Waals surface area contributed by atoms with E-state index in [0.717, 1.165) is 5.39 Å². The van der Waals surface area contributed by atoms with Crippen LogP contribution in [0.2, 0.25) is 0 Å². The number of nitrogens with one attached hydrogen (secondary N) is 1. The van der Waals surface area contributed by atoms with Gasteiger partial charge < -0.3 is 9.47 Å². The summed E-state index contributed by atoms with van der Waals surface area (Å²) >= 11 is 0. The monoisotopic (exact) mass is 351 g/mol. The zero-order valence-corrected chi connectivity index (χ0v) is 15.2. The highest BCUT2D eigenvalue weighted by atomic mass is 32.2. The lowest BCUT2D eigenvalue weighted by Crippen LogP contribution is -2.26. The van der Waals surface area contributed by atoms with Crippen LogP contribution in [0.4, 0.5) is 0 Å². The van der Waals surface area contributed by atoms with Crippen molar-refractivity contribution in [2.24, 2.45) is 5.92 Å². The number of benzene rings is 2. The van der Waals surface area contributed by atoms with Crippen molar-refractivity contribution >= 4 is 20.8 Å². The Kier molecular flexibility index (Phi) is 6.60.